The summed E-state index contributed by atoms with van der Waals surface area (Å²) in [5, 5.41) is 3.12. The van der Waals surface area contributed by atoms with Crippen LogP contribution in [0.15, 0.2) is 24.3 Å². The third kappa shape index (κ3) is 4.71. The van der Waals surface area contributed by atoms with Crippen molar-refractivity contribution >= 4 is 11.6 Å². The molecular weight excluding hydrogens is 286 g/mol. The fourth-order valence-corrected chi connectivity index (χ4v) is 2.90. The van der Waals surface area contributed by atoms with Gasteiger partial charge in [0, 0.05) is 37.3 Å². The first-order valence-corrected chi connectivity index (χ1v) is 8.67. The molecule has 0 aromatic heterocycles. The number of benzene rings is 1. The van der Waals surface area contributed by atoms with Crippen molar-refractivity contribution in [2.45, 2.75) is 52.0 Å². The summed E-state index contributed by atoms with van der Waals surface area (Å²) in [6.07, 6.45) is 1.98. The van der Waals surface area contributed by atoms with Gasteiger partial charge in [0.1, 0.15) is 0 Å². The topological polar surface area (TPSA) is 58.4 Å². The van der Waals surface area contributed by atoms with E-state index in [1.807, 2.05) is 6.92 Å². The molecule has 128 valence electrons. The number of hydrogen-bond donors (Lipinski definition) is 2. The summed E-state index contributed by atoms with van der Waals surface area (Å²) in [5.74, 6) is -0.0153. The van der Waals surface area contributed by atoms with E-state index in [2.05, 4.69) is 55.3 Å². The van der Waals surface area contributed by atoms with E-state index >= 15 is 0 Å². The lowest BCUT2D eigenvalue weighted by Crippen LogP contribution is -2.46. The molecule has 1 aromatic carbocycles. The Balaban J connectivity index is 1.88. The molecule has 1 heterocycles. The molecule has 23 heavy (non-hydrogen) atoms. The van der Waals surface area contributed by atoms with E-state index < -0.39 is 0 Å². The minimum atomic E-state index is -0.0991. The number of piperidine rings is 1. The Kier molecular flexibility index (Phi) is 5.69. The Morgan fingerprint density at radius 2 is 1.83 bits per heavy atom. The van der Waals surface area contributed by atoms with Crippen LogP contribution in [0.3, 0.4) is 0 Å². The molecule has 1 aromatic rings. The van der Waals surface area contributed by atoms with Gasteiger partial charge in [0.15, 0.2) is 0 Å². The summed E-state index contributed by atoms with van der Waals surface area (Å²) in [6.45, 7) is 11.0. The lowest BCUT2D eigenvalue weighted by molar-refractivity contribution is -0.125. The van der Waals surface area contributed by atoms with Crippen molar-refractivity contribution in [1.82, 2.24) is 5.32 Å². The van der Waals surface area contributed by atoms with Crippen LogP contribution in [0.4, 0.5) is 5.69 Å². The Bertz CT molecular complexity index is 510. The number of nitrogens with one attached hydrogen (secondary N) is 1. The van der Waals surface area contributed by atoms with E-state index in [0.717, 1.165) is 25.9 Å². The molecule has 1 unspecified atom stereocenters. The lowest BCUT2D eigenvalue weighted by Gasteiger charge is -2.34. The molecule has 0 bridgehead atoms. The van der Waals surface area contributed by atoms with Crippen molar-refractivity contribution < 1.29 is 4.79 Å². The highest BCUT2D eigenvalue weighted by Gasteiger charge is 2.23. The van der Waals surface area contributed by atoms with Crippen LogP contribution in [0, 0.1) is 5.92 Å². The average molecular weight is 317 g/mol. The second-order valence-electron chi connectivity index (χ2n) is 7.70. The van der Waals surface area contributed by atoms with Gasteiger partial charge in [0.2, 0.25) is 5.91 Å². The van der Waals surface area contributed by atoms with Crippen LogP contribution in [0.1, 0.15) is 46.1 Å². The zero-order chi connectivity index (χ0) is 17.0. The Morgan fingerprint density at radius 3 is 2.30 bits per heavy atom. The van der Waals surface area contributed by atoms with Gasteiger partial charge in [-0.25, -0.2) is 0 Å². The van der Waals surface area contributed by atoms with Gasteiger partial charge in [0.05, 0.1) is 0 Å². The van der Waals surface area contributed by atoms with Crippen molar-refractivity contribution in [3.8, 4) is 0 Å². The van der Waals surface area contributed by atoms with E-state index in [1.54, 1.807) is 0 Å². The summed E-state index contributed by atoms with van der Waals surface area (Å²) in [4.78, 5) is 14.3. The van der Waals surface area contributed by atoms with Gasteiger partial charge in [-0.15, -0.1) is 0 Å². The number of carbonyl (C=O) groups is 1. The third-order valence-electron chi connectivity index (χ3n) is 4.74. The van der Waals surface area contributed by atoms with Crippen molar-refractivity contribution in [3.63, 3.8) is 0 Å². The summed E-state index contributed by atoms with van der Waals surface area (Å²) in [5.41, 5.74) is 8.38. The normalized spacial score (nSPS) is 17.9. The molecule has 4 nitrogen and oxygen atoms in total. The molecule has 2 rings (SSSR count). The highest BCUT2D eigenvalue weighted by Crippen LogP contribution is 2.26. The zero-order valence-corrected chi connectivity index (χ0v) is 14.9. The largest absolute Gasteiger partial charge is 0.371 e. The maximum atomic E-state index is 11.9. The second kappa shape index (κ2) is 7.35. The molecule has 0 spiro atoms. The van der Waals surface area contributed by atoms with Gasteiger partial charge >= 0.3 is 0 Å². The molecular formula is C19H31N3O. The summed E-state index contributed by atoms with van der Waals surface area (Å²) in [6, 6.07) is 9.17. The predicted octanol–water partition coefficient (Wildman–Crippen LogP) is 2.66. The maximum absolute atomic E-state index is 11.9. The van der Waals surface area contributed by atoms with Crippen molar-refractivity contribution in [2.75, 3.05) is 24.5 Å². The number of nitrogens with two attached hydrogens (primary N) is 1. The Hall–Kier alpha value is -1.55. The van der Waals surface area contributed by atoms with Crippen LogP contribution in [-0.2, 0) is 10.2 Å². The maximum Gasteiger partial charge on any atom is 0.224 e. The minimum absolute atomic E-state index is 0.0838. The fraction of sp³-hybridized carbons (Fsp3) is 0.632. The van der Waals surface area contributed by atoms with Crippen molar-refractivity contribution in [3.05, 3.63) is 29.8 Å². The molecule has 4 heteroatoms. The molecule has 1 atom stereocenters. The number of amides is 1. The van der Waals surface area contributed by atoms with Crippen LogP contribution in [0.5, 0.6) is 0 Å². The number of hydrogen-bond acceptors (Lipinski definition) is 3. The minimum Gasteiger partial charge on any atom is -0.371 e. The number of rotatable bonds is 4. The van der Waals surface area contributed by atoms with Gasteiger partial charge < -0.3 is 16.0 Å². The summed E-state index contributed by atoms with van der Waals surface area (Å²) >= 11 is 0. The van der Waals surface area contributed by atoms with Gasteiger partial charge in [-0.1, -0.05) is 39.8 Å². The highest BCUT2D eigenvalue weighted by atomic mass is 16.1. The van der Waals surface area contributed by atoms with Gasteiger partial charge in [0.25, 0.3) is 0 Å². The first kappa shape index (κ1) is 17.8. The fourth-order valence-electron chi connectivity index (χ4n) is 2.90. The standard InChI is InChI=1S/C19H31N3O/c1-14(13-20)18(23)21-16-9-11-22(12-10-16)17-7-5-15(6-8-17)19(2,3)4/h5-8,14,16H,9-13,20H2,1-4H3,(H,21,23). The SMILES string of the molecule is CC(CN)C(=O)NC1CCN(c2ccc(C(C)(C)C)cc2)CC1. The van der Waals surface area contributed by atoms with Crippen LogP contribution in [-0.4, -0.2) is 31.6 Å². The van der Waals surface area contributed by atoms with E-state index in [1.165, 1.54) is 11.3 Å². The summed E-state index contributed by atoms with van der Waals surface area (Å²) in [7, 11) is 0. The first-order chi connectivity index (χ1) is 10.8. The molecule has 1 fully saturated rings. The molecule has 0 radical (unpaired) electrons. The van der Waals surface area contributed by atoms with Gasteiger partial charge in [-0.05, 0) is 36.0 Å². The first-order valence-electron chi connectivity index (χ1n) is 8.67. The van der Waals surface area contributed by atoms with Crippen LogP contribution < -0.4 is 16.0 Å². The molecule has 1 aliphatic rings. The highest BCUT2D eigenvalue weighted by molar-refractivity contribution is 5.78. The molecule has 1 amide bonds. The zero-order valence-electron chi connectivity index (χ0n) is 14.9. The quantitative estimate of drug-likeness (QED) is 0.897. The van der Waals surface area contributed by atoms with E-state index in [-0.39, 0.29) is 23.3 Å². The van der Waals surface area contributed by atoms with Crippen LogP contribution >= 0.6 is 0 Å². The second-order valence-corrected chi connectivity index (χ2v) is 7.70. The third-order valence-corrected chi connectivity index (χ3v) is 4.74. The molecule has 1 aliphatic heterocycles. The molecule has 1 saturated heterocycles. The Labute approximate surface area is 140 Å². The smallest absolute Gasteiger partial charge is 0.224 e. The monoisotopic (exact) mass is 317 g/mol. The van der Waals surface area contributed by atoms with Crippen LogP contribution in [0.2, 0.25) is 0 Å². The van der Waals surface area contributed by atoms with Crippen LogP contribution in [0.25, 0.3) is 0 Å². The van der Waals surface area contributed by atoms with Crippen molar-refractivity contribution in [2.24, 2.45) is 11.7 Å². The average Bonchev–Trinajstić information content (AvgIpc) is 2.54. The number of anilines is 1. The lowest BCUT2D eigenvalue weighted by atomic mass is 9.87. The van der Waals surface area contributed by atoms with E-state index in [0.29, 0.717) is 6.54 Å². The summed E-state index contributed by atoms with van der Waals surface area (Å²) < 4.78 is 0. The molecule has 0 aliphatic carbocycles. The van der Waals surface area contributed by atoms with E-state index in [9.17, 15) is 4.79 Å². The number of carbonyl (C=O) groups excluding carboxylic acids is 1. The van der Waals surface area contributed by atoms with E-state index in [4.69, 9.17) is 5.73 Å². The predicted molar refractivity (Wildman–Crippen MR) is 96.7 cm³/mol. The molecule has 0 saturated carbocycles. The van der Waals surface area contributed by atoms with Crippen molar-refractivity contribution in [1.29, 1.82) is 0 Å². The van der Waals surface area contributed by atoms with Gasteiger partial charge in [-0.2, -0.15) is 0 Å². The Morgan fingerprint density at radius 1 is 1.26 bits per heavy atom. The van der Waals surface area contributed by atoms with Gasteiger partial charge in [-0.3, -0.25) is 4.79 Å². The molecule has 3 N–H and O–H groups in total. The number of nitrogens with zero attached hydrogens (tertiary/aromatic N) is 1.